The van der Waals surface area contributed by atoms with Crippen molar-refractivity contribution in [1.29, 1.82) is 0 Å². The minimum absolute atomic E-state index is 0.0860. The van der Waals surface area contributed by atoms with Crippen LogP contribution in [0.25, 0.3) is 0 Å². The smallest absolute Gasteiger partial charge is 0.316 e. The monoisotopic (exact) mass is 444 g/mol. The van der Waals surface area contributed by atoms with Crippen LogP contribution in [-0.2, 0) is 19.2 Å². The number of carbonyl (C=O) groups excluding carboxylic acids is 4. The molecule has 2 saturated carbocycles. The number of carbonyl (C=O) groups is 4. The second kappa shape index (κ2) is 7.54. The molecule has 7 heteroatoms. The Bertz CT molecular complexity index is 1130. The number of hydrogen-bond donors (Lipinski definition) is 0. The second-order valence-electron chi connectivity index (χ2n) is 9.56. The number of imide groups is 1. The van der Waals surface area contributed by atoms with Gasteiger partial charge in [0.2, 0.25) is 17.7 Å². The van der Waals surface area contributed by atoms with E-state index >= 15 is 0 Å². The molecule has 2 aromatic rings. The molecule has 2 aliphatic carbocycles. The molecule has 2 saturated heterocycles. The van der Waals surface area contributed by atoms with Crippen LogP contribution in [-0.4, -0.2) is 30.2 Å². The molecule has 6 rings (SSSR count). The van der Waals surface area contributed by atoms with Crippen LogP contribution in [0.5, 0.6) is 5.75 Å². The first-order valence-corrected chi connectivity index (χ1v) is 11.6. The SMILES string of the molecule is O=C(Oc1cccc(N2C(=O)[C@@H]3[C@H]4CC[C@@H](C4)[C@@H]3C2=O)c1)[C@H]1CC(=O)N(c2ccccc2)C1. The Morgan fingerprint density at radius 3 is 2.21 bits per heavy atom. The average molecular weight is 444 g/mol. The number of hydrogen-bond acceptors (Lipinski definition) is 5. The zero-order chi connectivity index (χ0) is 22.7. The van der Waals surface area contributed by atoms with Crippen molar-refractivity contribution in [3.63, 3.8) is 0 Å². The zero-order valence-electron chi connectivity index (χ0n) is 18.1. The van der Waals surface area contributed by atoms with Gasteiger partial charge in [0.05, 0.1) is 23.4 Å². The number of para-hydroxylation sites is 1. The molecule has 7 nitrogen and oxygen atoms in total. The van der Waals surface area contributed by atoms with Gasteiger partial charge < -0.3 is 9.64 Å². The van der Waals surface area contributed by atoms with E-state index in [9.17, 15) is 19.2 Å². The Morgan fingerprint density at radius 2 is 1.52 bits per heavy atom. The summed E-state index contributed by atoms with van der Waals surface area (Å²) in [5, 5.41) is 0. The highest BCUT2D eigenvalue weighted by Gasteiger charge is 2.61. The van der Waals surface area contributed by atoms with E-state index in [0.29, 0.717) is 17.5 Å². The maximum atomic E-state index is 13.1. The van der Waals surface area contributed by atoms with E-state index in [0.717, 1.165) is 24.9 Å². The van der Waals surface area contributed by atoms with Gasteiger partial charge in [0.25, 0.3) is 0 Å². The molecule has 2 aromatic carbocycles. The molecule has 4 aliphatic rings. The number of benzene rings is 2. The van der Waals surface area contributed by atoms with E-state index in [1.54, 1.807) is 29.2 Å². The van der Waals surface area contributed by atoms with Crippen LogP contribution in [0.1, 0.15) is 25.7 Å². The number of rotatable bonds is 4. The van der Waals surface area contributed by atoms with Crippen molar-refractivity contribution >= 4 is 35.1 Å². The summed E-state index contributed by atoms with van der Waals surface area (Å²) in [6, 6.07) is 15.8. The van der Waals surface area contributed by atoms with Crippen LogP contribution in [0.15, 0.2) is 54.6 Å². The largest absolute Gasteiger partial charge is 0.426 e. The summed E-state index contributed by atoms with van der Waals surface area (Å²) in [7, 11) is 0. The third kappa shape index (κ3) is 3.17. The third-order valence-electron chi connectivity index (χ3n) is 7.75. The Hall–Kier alpha value is -3.48. The predicted molar refractivity (Wildman–Crippen MR) is 119 cm³/mol. The molecule has 2 aliphatic heterocycles. The van der Waals surface area contributed by atoms with E-state index in [2.05, 4.69) is 0 Å². The Balaban J connectivity index is 1.17. The molecule has 0 unspecified atom stereocenters. The lowest BCUT2D eigenvalue weighted by molar-refractivity contribution is -0.139. The average Bonchev–Trinajstić information content (AvgIpc) is 3.58. The fourth-order valence-corrected chi connectivity index (χ4v) is 6.27. The highest BCUT2D eigenvalue weighted by atomic mass is 16.5. The molecule has 3 amide bonds. The topological polar surface area (TPSA) is 84.0 Å². The summed E-state index contributed by atoms with van der Waals surface area (Å²) >= 11 is 0. The van der Waals surface area contributed by atoms with E-state index < -0.39 is 11.9 Å². The summed E-state index contributed by atoms with van der Waals surface area (Å²) < 4.78 is 5.58. The first kappa shape index (κ1) is 20.1. The molecular weight excluding hydrogens is 420 g/mol. The van der Waals surface area contributed by atoms with Crippen LogP contribution in [0.2, 0.25) is 0 Å². The Morgan fingerprint density at radius 1 is 0.848 bits per heavy atom. The molecule has 33 heavy (non-hydrogen) atoms. The lowest BCUT2D eigenvalue weighted by Gasteiger charge is -2.19. The highest BCUT2D eigenvalue weighted by Crippen LogP contribution is 2.56. The number of anilines is 2. The molecule has 5 atom stereocenters. The molecular formula is C26H24N2O5. The first-order chi connectivity index (χ1) is 16.0. The molecule has 0 radical (unpaired) electrons. The fourth-order valence-electron chi connectivity index (χ4n) is 6.27. The molecule has 168 valence electrons. The number of nitrogens with zero attached hydrogens (tertiary/aromatic N) is 2. The van der Waals surface area contributed by atoms with Crippen molar-refractivity contribution in [3.8, 4) is 5.75 Å². The van der Waals surface area contributed by atoms with Crippen molar-refractivity contribution in [2.45, 2.75) is 25.7 Å². The molecule has 4 fully saturated rings. The summed E-state index contributed by atoms with van der Waals surface area (Å²) in [5.74, 6) is -0.938. The van der Waals surface area contributed by atoms with Gasteiger partial charge in [-0.05, 0) is 55.4 Å². The minimum Gasteiger partial charge on any atom is -0.426 e. The normalized spacial score (nSPS) is 30.3. The van der Waals surface area contributed by atoms with Crippen molar-refractivity contribution < 1.29 is 23.9 Å². The number of ether oxygens (including phenoxy) is 1. The first-order valence-electron chi connectivity index (χ1n) is 11.6. The molecule has 2 heterocycles. The number of esters is 1. The zero-order valence-corrected chi connectivity index (χ0v) is 18.1. The molecule has 0 spiro atoms. The Kier molecular flexibility index (Phi) is 4.60. The lowest BCUT2D eigenvalue weighted by atomic mass is 9.81. The third-order valence-corrected chi connectivity index (χ3v) is 7.75. The maximum absolute atomic E-state index is 13.1. The quantitative estimate of drug-likeness (QED) is 0.411. The van der Waals surface area contributed by atoms with Gasteiger partial charge in [0.1, 0.15) is 5.75 Å². The molecule has 0 aromatic heterocycles. The lowest BCUT2D eigenvalue weighted by Crippen LogP contribution is -2.32. The van der Waals surface area contributed by atoms with Crippen molar-refractivity contribution in [1.82, 2.24) is 0 Å². The van der Waals surface area contributed by atoms with Crippen LogP contribution in [0.3, 0.4) is 0 Å². The standard InChI is InChI=1S/C26H24N2O5/c29-21-12-17(14-27(21)18-5-2-1-3-6-18)26(32)33-20-8-4-7-19(13-20)28-24(30)22-15-9-10-16(11-15)23(22)25(28)31/h1-8,13,15-17,22-23H,9-12,14H2/t15-,16-,17-,22-,23+/m0/s1. The number of fused-ring (bicyclic) bond motifs is 5. The maximum Gasteiger partial charge on any atom is 0.316 e. The van der Waals surface area contributed by atoms with Gasteiger partial charge in [-0.25, -0.2) is 4.90 Å². The van der Waals surface area contributed by atoms with Gasteiger partial charge in [-0.15, -0.1) is 0 Å². The van der Waals surface area contributed by atoms with Gasteiger partial charge in [0.15, 0.2) is 0 Å². The van der Waals surface area contributed by atoms with Crippen molar-refractivity contribution in [2.24, 2.45) is 29.6 Å². The van der Waals surface area contributed by atoms with E-state index in [4.69, 9.17) is 4.74 Å². The van der Waals surface area contributed by atoms with Crippen LogP contribution in [0, 0.1) is 29.6 Å². The van der Waals surface area contributed by atoms with E-state index in [1.165, 1.54) is 4.90 Å². The molecule has 2 bridgehead atoms. The number of amides is 3. The minimum atomic E-state index is -0.577. The van der Waals surface area contributed by atoms with E-state index in [1.807, 2.05) is 30.3 Å². The summed E-state index contributed by atoms with van der Waals surface area (Å²) in [6.45, 7) is 0.261. The fraction of sp³-hybridized carbons (Fsp3) is 0.385. The van der Waals surface area contributed by atoms with E-state index in [-0.39, 0.29) is 48.3 Å². The Labute approximate surface area is 191 Å². The van der Waals surface area contributed by atoms with Crippen molar-refractivity contribution in [2.75, 3.05) is 16.3 Å². The second-order valence-corrected chi connectivity index (χ2v) is 9.56. The highest BCUT2D eigenvalue weighted by molar-refractivity contribution is 6.22. The van der Waals surface area contributed by atoms with Crippen molar-refractivity contribution in [3.05, 3.63) is 54.6 Å². The van der Waals surface area contributed by atoms with Gasteiger partial charge in [0, 0.05) is 24.7 Å². The van der Waals surface area contributed by atoms with Crippen LogP contribution < -0.4 is 14.5 Å². The van der Waals surface area contributed by atoms with Gasteiger partial charge >= 0.3 is 5.97 Å². The van der Waals surface area contributed by atoms with Crippen LogP contribution in [0.4, 0.5) is 11.4 Å². The summed E-state index contributed by atoms with van der Waals surface area (Å²) in [4.78, 5) is 54.3. The van der Waals surface area contributed by atoms with Gasteiger partial charge in [-0.2, -0.15) is 0 Å². The summed E-state index contributed by atoms with van der Waals surface area (Å²) in [6.07, 6.45) is 3.12. The van der Waals surface area contributed by atoms with Gasteiger partial charge in [-0.1, -0.05) is 24.3 Å². The van der Waals surface area contributed by atoms with Gasteiger partial charge in [-0.3, -0.25) is 19.2 Å². The molecule has 0 N–H and O–H groups in total. The predicted octanol–water partition coefficient (Wildman–Crippen LogP) is 3.18. The summed E-state index contributed by atoms with van der Waals surface area (Å²) in [5.41, 5.74) is 1.20. The van der Waals surface area contributed by atoms with Crippen LogP contribution >= 0.6 is 0 Å².